The van der Waals surface area contributed by atoms with Crippen LogP contribution in [-0.4, -0.2) is 17.5 Å². The number of aryl methyl sites for hydroxylation is 1. The SMILES string of the molecule is Cc1cc(C(F)(F)F)ccc1C(=O)CCCO. The van der Waals surface area contributed by atoms with Crippen LogP contribution >= 0.6 is 0 Å². The number of hydrogen-bond acceptors (Lipinski definition) is 2. The van der Waals surface area contributed by atoms with Crippen LogP contribution in [0.3, 0.4) is 0 Å². The maximum atomic E-state index is 12.4. The Morgan fingerprint density at radius 3 is 2.47 bits per heavy atom. The fourth-order valence-electron chi connectivity index (χ4n) is 1.53. The molecule has 0 amide bonds. The van der Waals surface area contributed by atoms with Crippen molar-refractivity contribution in [1.82, 2.24) is 0 Å². The molecule has 17 heavy (non-hydrogen) atoms. The lowest BCUT2D eigenvalue weighted by Gasteiger charge is -2.10. The Balaban J connectivity index is 2.94. The Bertz CT molecular complexity index is 411. The number of alkyl halides is 3. The molecule has 0 aliphatic carbocycles. The van der Waals surface area contributed by atoms with Gasteiger partial charge < -0.3 is 5.11 Å². The number of carbonyl (C=O) groups is 1. The van der Waals surface area contributed by atoms with E-state index in [-0.39, 0.29) is 24.4 Å². The van der Waals surface area contributed by atoms with E-state index in [0.717, 1.165) is 12.1 Å². The predicted molar refractivity (Wildman–Crippen MR) is 56.8 cm³/mol. The van der Waals surface area contributed by atoms with Crippen LogP contribution in [0, 0.1) is 6.92 Å². The monoisotopic (exact) mass is 246 g/mol. The molecule has 1 aromatic rings. The minimum absolute atomic E-state index is 0.106. The van der Waals surface area contributed by atoms with Crippen LogP contribution in [0.25, 0.3) is 0 Å². The molecular weight excluding hydrogens is 233 g/mol. The summed E-state index contributed by atoms with van der Waals surface area (Å²) in [6, 6.07) is 3.06. The molecule has 1 N–H and O–H groups in total. The van der Waals surface area contributed by atoms with Crippen molar-refractivity contribution < 1.29 is 23.1 Å². The van der Waals surface area contributed by atoms with Gasteiger partial charge in [-0.3, -0.25) is 4.79 Å². The molecule has 0 spiro atoms. The molecule has 2 nitrogen and oxygen atoms in total. The zero-order chi connectivity index (χ0) is 13.1. The van der Waals surface area contributed by atoms with Crippen molar-refractivity contribution in [2.75, 3.05) is 6.61 Å². The summed E-state index contributed by atoms with van der Waals surface area (Å²) in [4.78, 5) is 11.6. The second kappa shape index (κ2) is 5.31. The highest BCUT2D eigenvalue weighted by molar-refractivity contribution is 5.97. The van der Waals surface area contributed by atoms with Crippen molar-refractivity contribution in [2.45, 2.75) is 25.9 Å². The Morgan fingerprint density at radius 1 is 1.35 bits per heavy atom. The van der Waals surface area contributed by atoms with E-state index in [1.807, 2.05) is 0 Å². The maximum Gasteiger partial charge on any atom is 0.416 e. The topological polar surface area (TPSA) is 37.3 Å². The first kappa shape index (κ1) is 13.7. The summed E-state index contributed by atoms with van der Waals surface area (Å²) in [6.45, 7) is 1.37. The molecule has 0 unspecified atom stereocenters. The summed E-state index contributed by atoms with van der Waals surface area (Å²) in [7, 11) is 0. The maximum absolute atomic E-state index is 12.4. The van der Waals surface area contributed by atoms with Crippen LogP contribution in [0.1, 0.15) is 34.3 Å². The van der Waals surface area contributed by atoms with Gasteiger partial charge in [-0.15, -0.1) is 0 Å². The fourth-order valence-corrected chi connectivity index (χ4v) is 1.53. The number of hydrogen-bond donors (Lipinski definition) is 1. The summed E-state index contributed by atoms with van der Waals surface area (Å²) in [5.74, 6) is -0.245. The second-order valence-corrected chi connectivity index (χ2v) is 3.78. The number of ketones is 1. The zero-order valence-corrected chi connectivity index (χ0v) is 9.34. The first-order valence-corrected chi connectivity index (χ1v) is 5.18. The molecule has 0 radical (unpaired) electrons. The van der Waals surface area contributed by atoms with E-state index in [1.54, 1.807) is 0 Å². The second-order valence-electron chi connectivity index (χ2n) is 3.78. The normalized spacial score (nSPS) is 11.6. The molecule has 1 aromatic carbocycles. The summed E-state index contributed by atoms with van der Waals surface area (Å²) < 4.78 is 37.2. The standard InChI is InChI=1S/C12H13F3O2/c1-8-7-9(12(13,14)15)4-5-10(8)11(17)3-2-6-16/h4-5,7,16H,2-3,6H2,1H3. The number of benzene rings is 1. The van der Waals surface area contributed by atoms with Crippen molar-refractivity contribution >= 4 is 5.78 Å². The average molecular weight is 246 g/mol. The van der Waals surface area contributed by atoms with Gasteiger partial charge >= 0.3 is 6.18 Å². The number of rotatable bonds is 4. The van der Waals surface area contributed by atoms with E-state index < -0.39 is 11.7 Å². The van der Waals surface area contributed by atoms with E-state index in [0.29, 0.717) is 12.0 Å². The van der Waals surface area contributed by atoms with E-state index in [2.05, 4.69) is 0 Å². The molecule has 0 heterocycles. The summed E-state index contributed by atoms with van der Waals surface area (Å²) in [6.07, 6.45) is -3.93. The van der Waals surface area contributed by atoms with Crippen LogP contribution < -0.4 is 0 Å². The molecule has 0 saturated heterocycles. The molecule has 0 atom stereocenters. The van der Waals surface area contributed by atoms with Gasteiger partial charge in [-0.2, -0.15) is 13.2 Å². The highest BCUT2D eigenvalue weighted by Gasteiger charge is 2.30. The van der Waals surface area contributed by atoms with Gasteiger partial charge in [-0.25, -0.2) is 0 Å². The Labute approximate surface area is 97.1 Å². The average Bonchev–Trinajstić information content (AvgIpc) is 2.24. The van der Waals surface area contributed by atoms with Crippen molar-refractivity contribution in [3.63, 3.8) is 0 Å². The Kier molecular flexibility index (Phi) is 4.28. The predicted octanol–water partition coefficient (Wildman–Crippen LogP) is 2.97. The molecule has 5 heteroatoms. The third-order valence-electron chi connectivity index (χ3n) is 2.42. The van der Waals surface area contributed by atoms with Crippen LogP contribution in [0.2, 0.25) is 0 Å². The highest BCUT2D eigenvalue weighted by atomic mass is 19.4. The molecule has 94 valence electrons. The van der Waals surface area contributed by atoms with Gasteiger partial charge in [0.2, 0.25) is 0 Å². The minimum atomic E-state index is -4.39. The van der Waals surface area contributed by atoms with Gasteiger partial charge in [0.25, 0.3) is 0 Å². The van der Waals surface area contributed by atoms with Gasteiger partial charge in [-0.05, 0) is 31.0 Å². The van der Waals surface area contributed by atoms with E-state index >= 15 is 0 Å². The molecule has 0 aromatic heterocycles. The van der Waals surface area contributed by atoms with Gasteiger partial charge in [-0.1, -0.05) is 6.07 Å². The lowest BCUT2D eigenvalue weighted by molar-refractivity contribution is -0.137. The number of Topliss-reactive ketones (excluding diaryl/α,β-unsaturated/α-hetero) is 1. The molecule has 0 aliphatic rings. The van der Waals surface area contributed by atoms with Gasteiger partial charge in [0.1, 0.15) is 0 Å². The van der Waals surface area contributed by atoms with Crippen LogP contribution in [-0.2, 0) is 6.18 Å². The van der Waals surface area contributed by atoms with Gasteiger partial charge in [0.15, 0.2) is 5.78 Å². The largest absolute Gasteiger partial charge is 0.416 e. The van der Waals surface area contributed by atoms with E-state index in [4.69, 9.17) is 5.11 Å². The molecule has 0 fully saturated rings. The van der Waals surface area contributed by atoms with E-state index in [1.165, 1.54) is 13.0 Å². The first-order valence-electron chi connectivity index (χ1n) is 5.18. The third kappa shape index (κ3) is 3.56. The van der Waals surface area contributed by atoms with Crippen LogP contribution in [0.4, 0.5) is 13.2 Å². The molecule has 1 rings (SSSR count). The van der Waals surface area contributed by atoms with Gasteiger partial charge in [0, 0.05) is 18.6 Å². The molecule has 0 bridgehead atoms. The van der Waals surface area contributed by atoms with Crippen LogP contribution in [0.5, 0.6) is 0 Å². The lowest BCUT2D eigenvalue weighted by Crippen LogP contribution is -2.08. The minimum Gasteiger partial charge on any atom is -0.396 e. The number of halogens is 3. The quantitative estimate of drug-likeness (QED) is 0.829. The number of carbonyl (C=O) groups excluding carboxylic acids is 1. The smallest absolute Gasteiger partial charge is 0.396 e. The van der Waals surface area contributed by atoms with Crippen molar-refractivity contribution in [3.8, 4) is 0 Å². The van der Waals surface area contributed by atoms with Crippen molar-refractivity contribution in [2.24, 2.45) is 0 Å². The number of aliphatic hydroxyl groups is 1. The third-order valence-corrected chi connectivity index (χ3v) is 2.42. The van der Waals surface area contributed by atoms with Crippen molar-refractivity contribution in [1.29, 1.82) is 0 Å². The summed E-state index contributed by atoms with van der Waals surface area (Å²) >= 11 is 0. The summed E-state index contributed by atoms with van der Waals surface area (Å²) in [5, 5.41) is 8.58. The summed E-state index contributed by atoms with van der Waals surface area (Å²) in [5.41, 5.74) is -0.164. The molecule has 0 saturated carbocycles. The Hall–Kier alpha value is -1.36. The first-order chi connectivity index (χ1) is 7.86. The number of aliphatic hydroxyl groups excluding tert-OH is 1. The molecule has 0 aliphatic heterocycles. The van der Waals surface area contributed by atoms with E-state index in [9.17, 15) is 18.0 Å². The van der Waals surface area contributed by atoms with Crippen LogP contribution in [0.15, 0.2) is 18.2 Å². The fraction of sp³-hybridized carbons (Fsp3) is 0.417. The van der Waals surface area contributed by atoms with Gasteiger partial charge in [0.05, 0.1) is 5.56 Å². The zero-order valence-electron chi connectivity index (χ0n) is 9.34. The highest BCUT2D eigenvalue weighted by Crippen LogP contribution is 2.30. The van der Waals surface area contributed by atoms with Crippen molar-refractivity contribution in [3.05, 3.63) is 34.9 Å². The lowest BCUT2D eigenvalue weighted by atomic mass is 9.99. The molecular formula is C12H13F3O2. The Morgan fingerprint density at radius 2 is 2.00 bits per heavy atom.